The first-order valence-corrected chi connectivity index (χ1v) is 9.51. The van der Waals surface area contributed by atoms with Gasteiger partial charge in [0, 0.05) is 25.7 Å². The third-order valence-electron chi connectivity index (χ3n) is 4.72. The summed E-state index contributed by atoms with van der Waals surface area (Å²) in [6.45, 7) is 2.57. The number of methoxy groups -OCH3 is 1. The Morgan fingerprint density at radius 3 is 2.33 bits per heavy atom. The number of Topliss-reactive ketones (excluding diaryl/α,β-unsaturated/α-hetero) is 2. The number of hydrogen-bond acceptors (Lipinski definition) is 8. The van der Waals surface area contributed by atoms with Crippen LogP contribution in [0.4, 0.5) is 4.79 Å². The highest BCUT2D eigenvalue weighted by molar-refractivity contribution is 5.93. The standard InChI is InChI=1S/C21H25NO8/c1-13-9-16(24)10-19(30-14(2)23)22(17(11-18(13)25)20(26)28-3)21(27)29-12-15-7-5-4-6-8-15/h4-8,13,17,19H,9-12H2,1-3H3/t13?,17-,19-/m0/s1. The average Bonchev–Trinajstić information content (AvgIpc) is 2.74. The maximum absolute atomic E-state index is 12.9. The predicted molar refractivity (Wildman–Crippen MR) is 103 cm³/mol. The molecular formula is C21H25NO8. The lowest BCUT2D eigenvalue weighted by Crippen LogP contribution is -2.53. The number of esters is 2. The molecule has 0 saturated carbocycles. The fraction of sp³-hybridized carbons (Fsp3) is 0.476. The molecule has 3 atom stereocenters. The molecule has 0 radical (unpaired) electrons. The molecule has 0 bridgehead atoms. The third kappa shape index (κ3) is 6.13. The maximum atomic E-state index is 12.9. The van der Waals surface area contributed by atoms with Gasteiger partial charge >= 0.3 is 18.0 Å². The van der Waals surface area contributed by atoms with E-state index >= 15 is 0 Å². The van der Waals surface area contributed by atoms with Crippen molar-refractivity contribution in [3.63, 3.8) is 0 Å². The van der Waals surface area contributed by atoms with Gasteiger partial charge in [0.1, 0.15) is 24.2 Å². The minimum atomic E-state index is -1.40. The number of amides is 1. The lowest BCUT2D eigenvalue weighted by atomic mass is 9.95. The highest BCUT2D eigenvalue weighted by Gasteiger charge is 2.43. The Balaban J connectivity index is 2.40. The quantitative estimate of drug-likeness (QED) is 0.537. The normalized spacial score (nSPS) is 22.4. The van der Waals surface area contributed by atoms with Crippen LogP contribution in [0, 0.1) is 5.92 Å². The first kappa shape index (κ1) is 23.1. The topological polar surface area (TPSA) is 116 Å². The van der Waals surface area contributed by atoms with Crippen LogP contribution < -0.4 is 0 Å². The van der Waals surface area contributed by atoms with E-state index in [1.165, 1.54) is 0 Å². The van der Waals surface area contributed by atoms with Crippen molar-refractivity contribution in [2.75, 3.05) is 7.11 Å². The van der Waals surface area contributed by atoms with Crippen LogP contribution in [0.25, 0.3) is 0 Å². The van der Waals surface area contributed by atoms with Crippen molar-refractivity contribution in [2.45, 2.75) is 52.0 Å². The highest BCUT2D eigenvalue weighted by atomic mass is 16.6. The van der Waals surface area contributed by atoms with Crippen LogP contribution in [0.15, 0.2) is 30.3 Å². The molecule has 1 heterocycles. The summed E-state index contributed by atoms with van der Waals surface area (Å²) in [6, 6.07) is 7.41. The minimum absolute atomic E-state index is 0.0859. The summed E-state index contributed by atoms with van der Waals surface area (Å²) in [5.74, 6) is -3.05. The molecule has 0 N–H and O–H groups in total. The van der Waals surface area contributed by atoms with Crippen molar-refractivity contribution in [3.8, 4) is 0 Å². The maximum Gasteiger partial charge on any atom is 0.413 e. The third-order valence-corrected chi connectivity index (χ3v) is 4.72. The summed E-state index contributed by atoms with van der Waals surface area (Å²) in [6.07, 6.45) is -3.25. The van der Waals surface area contributed by atoms with Gasteiger partial charge in [-0.2, -0.15) is 0 Å². The fourth-order valence-electron chi connectivity index (χ4n) is 3.18. The fourth-order valence-corrected chi connectivity index (χ4v) is 3.18. The molecule has 1 aromatic carbocycles. The lowest BCUT2D eigenvalue weighted by Gasteiger charge is -2.34. The minimum Gasteiger partial charge on any atom is -0.467 e. The molecule has 0 spiro atoms. The lowest BCUT2D eigenvalue weighted by molar-refractivity contribution is -0.166. The summed E-state index contributed by atoms with van der Waals surface area (Å²) in [5, 5.41) is 0. The van der Waals surface area contributed by atoms with Crippen LogP contribution in [0.2, 0.25) is 0 Å². The molecular weight excluding hydrogens is 394 g/mol. The Kier molecular flexibility index (Phi) is 8.08. The Hall–Kier alpha value is -3.23. The molecule has 1 saturated heterocycles. The first-order chi connectivity index (χ1) is 14.2. The monoisotopic (exact) mass is 419 g/mol. The van der Waals surface area contributed by atoms with Crippen LogP contribution in [-0.4, -0.2) is 53.9 Å². The van der Waals surface area contributed by atoms with E-state index in [1.807, 2.05) is 0 Å². The van der Waals surface area contributed by atoms with E-state index in [1.54, 1.807) is 37.3 Å². The number of rotatable bonds is 4. The molecule has 1 amide bonds. The van der Waals surface area contributed by atoms with E-state index in [2.05, 4.69) is 0 Å². The van der Waals surface area contributed by atoms with Gasteiger partial charge in [-0.1, -0.05) is 37.3 Å². The van der Waals surface area contributed by atoms with E-state index in [0.717, 1.165) is 18.9 Å². The first-order valence-electron chi connectivity index (χ1n) is 9.51. The zero-order valence-corrected chi connectivity index (χ0v) is 17.2. The molecule has 30 heavy (non-hydrogen) atoms. The van der Waals surface area contributed by atoms with Crippen LogP contribution >= 0.6 is 0 Å². The van der Waals surface area contributed by atoms with E-state index in [4.69, 9.17) is 14.2 Å². The predicted octanol–water partition coefficient (Wildman–Crippen LogP) is 2.01. The second-order valence-electron chi connectivity index (χ2n) is 7.07. The molecule has 1 fully saturated rings. The zero-order valence-electron chi connectivity index (χ0n) is 17.2. The van der Waals surface area contributed by atoms with E-state index < -0.39 is 36.2 Å². The van der Waals surface area contributed by atoms with Crippen LogP contribution in [0.5, 0.6) is 0 Å². The molecule has 9 nitrogen and oxygen atoms in total. The highest BCUT2D eigenvalue weighted by Crippen LogP contribution is 2.24. The molecule has 162 valence electrons. The van der Waals surface area contributed by atoms with Crippen molar-refractivity contribution in [1.29, 1.82) is 0 Å². The average molecular weight is 419 g/mol. The number of nitrogens with zero attached hydrogens (tertiary/aromatic N) is 1. The molecule has 2 rings (SSSR count). The molecule has 9 heteroatoms. The van der Waals surface area contributed by atoms with Gasteiger partial charge in [-0.15, -0.1) is 0 Å². The number of ether oxygens (including phenoxy) is 3. The summed E-state index contributed by atoms with van der Waals surface area (Å²) in [5.41, 5.74) is 0.689. The number of hydrogen-bond donors (Lipinski definition) is 0. The van der Waals surface area contributed by atoms with Crippen molar-refractivity contribution < 1.29 is 38.2 Å². The van der Waals surface area contributed by atoms with E-state index in [-0.39, 0.29) is 37.4 Å². The largest absolute Gasteiger partial charge is 0.467 e. The Labute approximate surface area is 174 Å². The number of benzene rings is 1. The van der Waals surface area contributed by atoms with Crippen LogP contribution in [-0.2, 0) is 40.0 Å². The van der Waals surface area contributed by atoms with Gasteiger partial charge in [0.05, 0.1) is 13.5 Å². The second kappa shape index (κ2) is 10.5. The molecule has 1 aromatic rings. The molecule has 0 aromatic heterocycles. The summed E-state index contributed by atoms with van der Waals surface area (Å²) in [7, 11) is 1.11. The van der Waals surface area contributed by atoms with Crippen LogP contribution in [0.1, 0.15) is 38.7 Å². The molecule has 1 unspecified atom stereocenters. The van der Waals surface area contributed by atoms with E-state index in [9.17, 15) is 24.0 Å². The number of ketones is 2. The van der Waals surface area contributed by atoms with Gasteiger partial charge < -0.3 is 14.2 Å². The van der Waals surface area contributed by atoms with Crippen molar-refractivity contribution in [1.82, 2.24) is 4.90 Å². The summed E-state index contributed by atoms with van der Waals surface area (Å²) in [4.78, 5) is 62.8. The second-order valence-corrected chi connectivity index (χ2v) is 7.07. The van der Waals surface area contributed by atoms with Gasteiger partial charge in [-0.3, -0.25) is 19.3 Å². The van der Waals surface area contributed by atoms with Crippen molar-refractivity contribution in [2.24, 2.45) is 5.92 Å². The van der Waals surface area contributed by atoms with Crippen molar-refractivity contribution >= 4 is 29.6 Å². The smallest absolute Gasteiger partial charge is 0.413 e. The van der Waals surface area contributed by atoms with Gasteiger partial charge in [-0.25, -0.2) is 9.59 Å². The van der Waals surface area contributed by atoms with Crippen LogP contribution in [0.3, 0.4) is 0 Å². The molecule has 1 aliphatic heterocycles. The van der Waals surface area contributed by atoms with Crippen molar-refractivity contribution in [3.05, 3.63) is 35.9 Å². The van der Waals surface area contributed by atoms with Gasteiger partial charge in [0.15, 0.2) is 6.23 Å². The Morgan fingerprint density at radius 2 is 1.73 bits per heavy atom. The van der Waals surface area contributed by atoms with Gasteiger partial charge in [-0.05, 0) is 5.56 Å². The molecule has 1 aliphatic rings. The van der Waals surface area contributed by atoms with Gasteiger partial charge in [0.25, 0.3) is 0 Å². The number of carbonyl (C=O) groups excluding carboxylic acids is 5. The van der Waals surface area contributed by atoms with E-state index in [0.29, 0.717) is 5.56 Å². The SMILES string of the molecule is COC(=O)[C@@H]1CC(=O)C(C)CC(=O)C[C@H](OC(C)=O)N1C(=O)OCc1ccccc1. The molecule has 0 aliphatic carbocycles. The Bertz CT molecular complexity index is 806. The number of carbonyl (C=O) groups is 5. The zero-order chi connectivity index (χ0) is 22.3. The van der Waals surface area contributed by atoms with Gasteiger partial charge in [0.2, 0.25) is 0 Å². The summed E-state index contributed by atoms with van der Waals surface area (Å²) < 4.78 is 15.3. The Morgan fingerprint density at radius 1 is 1.07 bits per heavy atom. The summed E-state index contributed by atoms with van der Waals surface area (Å²) >= 11 is 0.